The van der Waals surface area contributed by atoms with Crippen molar-refractivity contribution in [1.29, 1.82) is 0 Å². The van der Waals surface area contributed by atoms with Crippen LogP contribution in [0.1, 0.15) is 114 Å². The van der Waals surface area contributed by atoms with Crippen LogP contribution in [0.3, 0.4) is 0 Å². The summed E-state index contributed by atoms with van der Waals surface area (Å²) in [5.74, 6) is 0. The highest BCUT2D eigenvalue weighted by Crippen LogP contribution is 2.32. The molecule has 0 saturated carbocycles. The molecule has 2 heteroatoms. The average molecular weight is 817 g/mol. The van der Waals surface area contributed by atoms with Gasteiger partial charge in [-0.1, -0.05) is 223 Å². The lowest BCUT2D eigenvalue weighted by atomic mass is 9.94. The third-order valence-corrected chi connectivity index (χ3v) is 13.2. The van der Waals surface area contributed by atoms with Crippen molar-refractivity contribution < 1.29 is 0 Å². The zero-order valence-corrected chi connectivity index (χ0v) is 37.2. The number of nitrogens with zero attached hydrogens (tertiary/aromatic N) is 2. The molecule has 0 saturated heterocycles. The van der Waals surface area contributed by atoms with Crippen LogP contribution in [0.25, 0.3) is 43.1 Å². The predicted octanol–water partition coefficient (Wildman–Crippen LogP) is 17.3. The summed E-state index contributed by atoms with van der Waals surface area (Å²) in [7, 11) is 0. The third-order valence-electron chi connectivity index (χ3n) is 13.2. The highest BCUT2D eigenvalue weighted by molar-refractivity contribution is 6.09. The van der Waals surface area contributed by atoms with Gasteiger partial charge in [0.15, 0.2) is 0 Å². The number of unbranched alkanes of at least 4 members (excludes halogenated alkanes) is 14. The molecule has 0 atom stereocenters. The molecule has 62 heavy (non-hydrogen) atoms. The molecule has 0 aliphatic heterocycles. The second-order valence-electron chi connectivity index (χ2n) is 17.7. The van der Waals surface area contributed by atoms with E-state index in [1.54, 1.807) is 0 Å². The molecule has 2 nitrogen and oxygen atoms in total. The van der Waals surface area contributed by atoms with Crippen LogP contribution in [0.4, 0.5) is 11.4 Å². The summed E-state index contributed by atoms with van der Waals surface area (Å²) in [4.78, 5) is 0. The number of rotatable bonds is 25. The smallest absolute Gasteiger partial charge is 0.0574 e. The first kappa shape index (κ1) is 43.1. The highest BCUT2D eigenvalue weighted by Gasteiger charge is 2.17. The molecule has 0 spiro atoms. The number of hydrogen-bond acceptors (Lipinski definition) is 2. The van der Waals surface area contributed by atoms with Gasteiger partial charge in [0.1, 0.15) is 0 Å². The Hall–Kier alpha value is -5.60. The fraction of sp³-hybridized carbons (Fsp3) is 0.333. The monoisotopic (exact) mass is 817 g/mol. The number of hydrazine groups is 1. The molecule has 0 unspecified atom stereocenters. The Labute approximate surface area is 372 Å². The molecule has 0 aliphatic rings. The van der Waals surface area contributed by atoms with E-state index in [1.807, 2.05) is 0 Å². The van der Waals surface area contributed by atoms with Gasteiger partial charge in [-0.15, -0.1) is 0 Å². The van der Waals surface area contributed by atoms with Crippen molar-refractivity contribution in [2.45, 2.75) is 116 Å². The van der Waals surface area contributed by atoms with Crippen molar-refractivity contribution in [2.24, 2.45) is 0 Å². The minimum absolute atomic E-state index is 1.05. The molecule has 0 radical (unpaired) electrons. The van der Waals surface area contributed by atoms with Crippen LogP contribution in [0.5, 0.6) is 0 Å². The van der Waals surface area contributed by atoms with Gasteiger partial charge in [-0.25, -0.2) is 0 Å². The quantitative estimate of drug-likeness (QED) is 0.0322. The fourth-order valence-electron chi connectivity index (χ4n) is 9.93. The Kier molecular flexibility index (Phi) is 16.0. The van der Waals surface area contributed by atoms with Gasteiger partial charge in [-0.3, -0.25) is 10.0 Å². The van der Waals surface area contributed by atoms with Crippen LogP contribution >= 0.6 is 0 Å². The highest BCUT2D eigenvalue weighted by atomic mass is 15.6. The van der Waals surface area contributed by atoms with Gasteiger partial charge in [0.25, 0.3) is 0 Å². The van der Waals surface area contributed by atoms with Crippen LogP contribution in [0, 0.1) is 0 Å². The zero-order valence-electron chi connectivity index (χ0n) is 37.2. The third kappa shape index (κ3) is 11.4. The number of aryl methyl sites for hydroxylation is 2. The second-order valence-corrected chi connectivity index (χ2v) is 17.7. The number of fused-ring (bicyclic) bond motifs is 6. The van der Waals surface area contributed by atoms with E-state index in [0.29, 0.717) is 0 Å². The van der Waals surface area contributed by atoms with E-state index in [4.69, 9.17) is 0 Å². The molecule has 0 aromatic heterocycles. The molecular weight excluding hydrogens is 749 g/mol. The van der Waals surface area contributed by atoms with E-state index in [-0.39, 0.29) is 0 Å². The summed E-state index contributed by atoms with van der Waals surface area (Å²) in [5, 5.41) is 16.3. The Balaban J connectivity index is 0.742. The summed E-state index contributed by atoms with van der Waals surface area (Å²) in [6.07, 6.45) is 23.2. The molecule has 0 N–H and O–H groups in total. The Morgan fingerprint density at radius 3 is 0.919 bits per heavy atom. The first-order valence-corrected chi connectivity index (χ1v) is 24.3. The molecule has 0 heterocycles. The number of para-hydroxylation sites is 2. The van der Waals surface area contributed by atoms with Crippen molar-refractivity contribution in [3.63, 3.8) is 0 Å². The normalized spacial score (nSPS) is 11.5. The van der Waals surface area contributed by atoms with E-state index in [1.165, 1.54) is 181 Å². The standard InChI is InChI=1S/C60H68N2/c1(5-9-15-31-49-47-51-33-21-23-39-55(51)59-43-27-25-41-57(49)59)3-7-11-29-45-61(53-35-17-13-18-36-53)62(54-37-19-14-20-38-54)46-30-12-8-4-2-6-10-16-32-50-48-52-34-22-24-40-56(52)60-44-28-26-42-58(50)60/h13-14,17-28,33-44,47-48H,1-12,15-16,29-32,45-46H2. The van der Waals surface area contributed by atoms with Crippen LogP contribution in [-0.4, -0.2) is 13.1 Å². The minimum Gasteiger partial charge on any atom is -0.285 e. The van der Waals surface area contributed by atoms with Gasteiger partial charge in [-0.2, -0.15) is 0 Å². The van der Waals surface area contributed by atoms with E-state index >= 15 is 0 Å². The summed E-state index contributed by atoms with van der Waals surface area (Å²) in [6.45, 7) is 2.10. The summed E-state index contributed by atoms with van der Waals surface area (Å²) < 4.78 is 0. The van der Waals surface area contributed by atoms with Crippen molar-refractivity contribution in [2.75, 3.05) is 23.1 Å². The van der Waals surface area contributed by atoms with Gasteiger partial charge in [0, 0.05) is 13.1 Å². The van der Waals surface area contributed by atoms with Gasteiger partial charge in [0.05, 0.1) is 11.4 Å². The lowest BCUT2D eigenvalue weighted by Gasteiger charge is -2.39. The van der Waals surface area contributed by atoms with Crippen molar-refractivity contribution in [1.82, 2.24) is 0 Å². The van der Waals surface area contributed by atoms with Gasteiger partial charge in [-0.05, 0) is 117 Å². The molecular formula is C60H68N2. The maximum atomic E-state index is 2.57. The lowest BCUT2D eigenvalue weighted by molar-refractivity contribution is 0.548. The van der Waals surface area contributed by atoms with E-state index in [0.717, 1.165) is 13.1 Å². The van der Waals surface area contributed by atoms with Gasteiger partial charge < -0.3 is 0 Å². The second kappa shape index (κ2) is 23.0. The maximum Gasteiger partial charge on any atom is 0.0574 e. The first-order valence-electron chi connectivity index (χ1n) is 24.3. The Morgan fingerprint density at radius 2 is 0.532 bits per heavy atom. The molecule has 318 valence electrons. The molecule has 8 aromatic rings. The SMILES string of the molecule is c1ccc(N(CCCCCCCCCCc2cc3ccccc3c3ccccc23)N(CCCCCCCCCCc2cc3ccccc3c3ccccc23)c2ccccc2)cc1. The van der Waals surface area contributed by atoms with E-state index in [9.17, 15) is 0 Å². The molecule has 0 amide bonds. The summed E-state index contributed by atoms with van der Waals surface area (Å²) >= 11 is 0. The number of anilines is 2. The van der Waals surface area contributed by atoms with E-state index < -0.39 is 0 Å². The molecule has 0 aliphatic carbocycles. The Morgan fingerprint density at radius 1 is 0.242 bits per heavy atom. The number of benzene rings is 8. The summed E-state index contributed by atoms with van der Waals surface area (Å²) in [6, 6.07) is 62.8. The maximum absolute atomic E-state index is 2.57. The van der Waals surface area contributed by atoms with Crippen LogP contribution in [0.2, 0.25) is 0 Å². The van der Waals surface area contributed by atoms with Gasteiger partial charge in [0.2, 0.25) is 0 Å². The van der Waals surface area contributed by atoms with Crippen molar-refractivity contribution >= 4 is 54.5 Å². The average Bonchev–Trinajstić information content (AvgIpc) is 3.33. The molecule has 0 fully saturated rings. The fourth-order valence-corrected chi connectivity index (χ4v) is 9.93. The van der Waals surface area contributed by atoms with E-state index in [2.05, 4.69) is 180 Å². The summed E-state index contributed by atoms with van der Waals surface area (Å²) in [5.41, 5.74) is 5.62. The molecule has 8 aromatic carbocycles. The lowest BCUT2D eigenvalue weighted by Crippen LogP contribution is -2.44. The Bertz CT molecular complexity index is 2380. The van der Waals surface area contributed by atoms with Crippen LogP contribution < -0.4 is 10.0 Å². The number of hydrogen-bond donors (Lipinski definition) is 0. The molecule has 0 bridgehead atoms. The topological polar surface area (TPSA) is 6.48 Å². The first-order chi connectivity index (χ1) is 30.8. The zero-order chi connectivity index (χ0) is 42.0. The predicted molar refractivity (Wildman–Crippen MR) is 272 cm³/mol. The molecule has 8 rings (SSSR count). The van der Waals surface area contributed by atoms with Crippen LogP contribution in [-0.2, 0) is 12.8 Å². The van der Waals surface area contributed by atoms with Crippen LogP contribution in [0.15, 0.2) is 170 Å². The minimum atomic E-state index is 1.05. The largest absolute Gasteiger partial charge is 0.285 e. The van der Waals surface area contributed by atoms with Crippen molar-refractivity contribution in [3.8, 4) is 0 Å². The van der Waals surface area contributed by atoms with Crippen molar-refractivity contribution in [3.05, 3.63) is 181 Å². The van der Waals surface area contributed by atoms with Gasteiger partial charge >= 0.3 is 0 Å².